The average molecular weight is 546 g/mol. The van der Waals surface area contributed by atoms with Gasteiger partial charge in [0.15, 0.2) is 5.75 Å². The van der Waals surface area contributed by atoms with E-state index in [1.54, 1.807) is 0 Å². The van der Waals surface area contributed by atoms with E-state index in [9.17, 15) is 48.8 Å². The van der Waals surface area contributed by atoms with Gasteiger partial charge in [-0.3, -0.25) is 18.5 Å². The van der Waals surface area contributed by atoms with Crippen LogP contribution in [-0.2, 0) is 35.1 Å². The Morgan fingerprint density at radius 3 is 1.86 bits per heavy atom. The van der Waals surface area contributed by atoms with Crippen LogP contribution in [0.15, 0.2) is 67.4 Å². The molecule has 0 fully saturated rings. The summed E-state index contributed by atoms with van der Waals surface area (Å²) in [5.41, 5.74) is -0.455. The van der Waals surface area contributed by atoms with E-state index in [1.807, 2.05) is 0 Å². The number of hydrogen-bond donors (Lipinski definition) is 5. The van der Waals surface area contributed by atoms with Crippen LogP contribution in [0.3, 0.4) is 0 Å². The number of azo groups is 1. The summed E-state index contributed by atoms with van der Waals surface area (Å²) in [5, 5.41) is 19.1. The molecule has 0 aliphatic rings. The monoisotopic (exact) mass is 545 g/mol. The molecule has 0 radical (unpaired) electrons. The van der Waals surface area contributed by atoms with Crippen LogP contribution in [0.1, 0.15) is 6.92 Å². The number of nitrogens with zero attached hydrogens (tertiary/aromatic N) is 2. The fourth-order valence-electron chi connectivity index (χ4n) is 2.99. The molecule has 0 saturated carbocycles. The zero-order chi connectivity index (χ0) is 26.3. The molecule has 0 unspecified atom stereocenters. The Morgan fingerprint density at radius 1 is 0.800 bits per heavy atom. The zero-order valence-electron chi connectivity index (χ0n) is 17.3. The second-order valence-corrected chi connectivity index (χ2v) is 11.1. The van der Waals surface area contributed by atoms with Crippen molar-refractivity contribution in [2.45, 2.75) is 21.6 Å². The first-order valence-electron chi connectivity index (χ1n) is 9.04. The summed E-state index contributed by atoms with van der Waals surface area (Å²) in [6.07, 6.45) is 0. The fraction of sp³-hybridized carbons (Fsp3) is 0.0556. The first kappa shape index (κ1) is 26.1. The first-order valence-corrected chi connectivity index (χ1v) is 13.4. The van der Waals surface area contributed by atoms with Crippen molar-refractivity contribution >= 4 is 64.1 Å². The number of hydrogen-bond acceptors (Lipinski definition) is 10. The molecule has 3 rings (SSSR count). The number of aromatic hydroxyl groups is 1. The van der Waals surface area contributed by atoms with Gasteiger partial charge >= 0.3 is 0 Å². The molecule has 0 saturated heterocycles. The Kier molecular flexibility index (Phi) is 6.68. The molecule has 35 heavy (non-hydrogen) atoms. The van der Waals surface area contributed by atoms with Gasteiger partial charge in [0.25, 0.3) is 30.4 Å². The van der Waals surface area contributed by atoms with E-state index < -0.39 is 67.3 Å². The van der Waals surface area contributed by atoms with Gasteiger partial charge in [-0.05, 0) is 47.9 Å². The van der Waals surface area contributed by atoms with Crippen LogP contribution in [0, 0.1) is 0 Å². The maximum absolute atomic E-state index is 11.9. The van der Waals surface area contributed by atoms with Crippen LogP contribution in [0.4, 0.5) is 17.1 Å². The van der Waals surface area contributed by atoms with E-state index in [2.05, 4.69) is 15.5 Å². The molecule has 0 aromatic heterocycles. The van der Waals surface area contributed by atoms with Crippen molar-refractivity contribution in [1.29, 1.82) is 0 Å². The van der Waals surface area contributed by atoms with Crippen molar-refractivity contribution in [1.82, 2.24) is 0 Å². The van der Waals surface area contributed by atoms with Crippen molar-refractivity contribution in [3.63, 3.8) is 0 Å². The fourth-order valence-corrected chi connectivity index (χ4v) is 5.01. The molecule has 17 heteroatoms. The SMILES string of the molecule is CC(=O)Nc1ccc(N=Nc2c(S(=O)(=O)O)cc3cc(S(=O)(=O)O)cc(S(=O)(=O)O)c3c2O)cc1. The Morgan fingerprint density at radius 2 is 1.37 bits per heavy atom. The van der Waals surface area contributed by atoms with Gasteiger partial charge < -0.3 is 10.4 Å². The number of benzene rings is 3. The molecule has 5 N–H and O–H groups in total. The van der Waals surface area contributed by atoms with Crippen LogP contribution in [0.2, 0.25) is 0 Å². The normalized spacial score (nSPS) is 12.8. The van der Waals surface area contributed by atoms with Gasteiger partial charge in [-0.1, -0.05) is 0 Å². The minimum atomic E-state index is -5.24. The second kappa shape index (κ2) is 8.95. The van der Waals surface area contributed by atoms with Crippen molar-refractivity contribution < 1.29 is 48.8 Å². The lowest BCUT2D eigenvalue weighted by Crippen LogP contribution is -2.06. The molecule has 0 aliphatic carbocycles. The predicted molar refractivity (Wildman–Crippen MR) is 120 cm³/mol. The Labute approximate surface area is 198 Å². The number of phenols is 1. The highest BCUT2D eigenvalue weighted by atomic mass is 32.2. The largest absolute Gasteiger partial charge is 0.505 e. The number of carbonyl (C=O) groups is 1. The molecule has 0 aliphatic heterocycles. The highest BCUT2D eigenvalue weighted by molar-refractivity contribution is 7.87. The van der Waals surface area contributed by atoms with Gasteiger partial charge in [0, 0.05) is 18.0 Å². The number of phenolic OH excluding ortho intramolecular Hbond substituents is 1. The summed E-state index contributed by atoms with van der Waals surface area (Å²) >= 11 is 0. The van der Waals surface area contributed by atoms with Crippen molar-refractivity contribution in [3.8, 4) is 5.75 Å². The van der Waals surface area contributed by atoms with Crippen LogP contribution < -0.4 is 5.32 Å². The maximum Gasteiger partial charge on any atom is 0.296 e. The smallest absolute Gasteiger partial charge is 0.296 e. The van der Waals surface area contributed by atoms with Gasteiger partial charge in [0.1, 0.15) is 15.5 Å². The zero-order valence-corrected chi connectivity index (χ0v) is 19.8. The topological polar surface area (TPSA) is 237 Å². The quantitative estimate of drug-likeness (QED) is 0.223. The predicted octanol–water partition coefficient (Wildman–Crippen LogP) is 2.66. The molecular weight excluding hydrogens is 530 g/mol. The standard InChI is InChI=1S/C18H15N3O11S3/c1-9(22)19-11-2-4-12(5-3-11)20-21-17-15(35(30,31)32)7-10-6-13(33(24,25)26)8-14(34(27,28)29)16(10)18(17)23/h2-8,23H,1H3,(H,19,22)(H,24,25,26)(H,27,28,29)(H,30,31,32). The minimum Gasteiger partial charge on any atom is -0.505 e. The third-order valence-electron chi connectivity index (χ3n) is 4.39. The highest BCUT2D eigenvalue weighted by Crippen LogP contribution is 2.44. The summed E-state index contributed by atoms with van der Waals surface area (Å²) in [7, 11) is -15.4. The van der Waals surface area contributed by atoms with Crippen LogP contribution in [0.25, 0.3) is 10.8 Å². The van der Waals surface area contributed by atoms with Gasteiger partial charge in [0.2, 0.25) is 5.91 Å². The average Bonchev–Trinajstić information content (AvgIpc) is 2.70. The van der Waals surface area contributed by atoms with Gasteiger partial charge in [-0.25, -0.2) is 0 Å². The maximum atomic E-state index is 11.9. The number of amides is 1. The van der Waals surface area contributed by atoms with Gasteiger partial charge in [-0.2, -0.15) is 30.4 Å². The lowest BCUT2D eigenvalue weighted by atomic mass is 10.1. The number of fused-ring (bicyclic) bond motifs is 1. The van der Waals surface area contributed by atoms with Crippen LogP contribution >= 0.6 is 0 Å². The molecule has 0 bridgehead atoms. The highest BCUT2D eigenvalue weighted by Gasteiger charge is 2.28. The lowest BCUT2D eigenvalue weighted by Gasteiger charge is -2.12. The molecule has 186 valence electrons. The minimum absolute atomic E-state index is 0.0802. The number of anilines is 1. The molecule has 0 atom stereocenters. The van der Waals surface area contributed by atoms with Gasteiger partial charge in [-0.15, -0.1) is 5.11 Å². The first-order chi connectivity index (χ1) is 16.0. The molecule has 0 heterocycles. The number of nitrogens with one attached hydrogen (secondary N) is 1. The van der Waals surface area contributed by atoms with E-state index in [0.717, 1.165) is 0 Å². The summed E-state index contributed by atoms with van der Waals surface area (Å²) in [6.45, 7) is 1.28. The van der Waals surface area contributed by atoms with Crippen LogP contribution in [0.5, 0.6) is 5.75 Å². The lowest BCUT2D eigenvalue weighted by molar-refractivity contribution is -0.114. The molecular formula is C18H15N3O11S3. The Balaban J connectivity index is 2.33. The van der Waals surface area contributed by atoms with E-state index in [4.69, 9.17) is 0 Å². The third-order valence-corrected chi connectivity index (χ3v) is 6.97. The Bertz CT molecular complexity index is 1710. The molecule has 3 aromatic rings. The summed E-state index contributed by atoms with van der Waals surface area (Å²) in [5.74, 6) is -1.53. The number of rotatable bonds is 6. The van der Waals surface area contributed by atoms with Crippen molar-refractivity contribution in [2.24, 2.45) is 10.2 Å². The second-order valence-electron chi connectivity index (χ2n) is 6.94. The van der Waals surface area contributed by atoms with E-state index in [0.29, 0.717) is 23.9 Å². The van der Waals surface area contributed by atoms with E-state index in [1.165, 1.54) is 31.2 Å². The van der Waals surface area contributed by atoms with Crippen molar-refractivity contribution in [3.05, 3.63) is 42.5 Å². The molecule has 3 aromatic carbocycles. The molecule has 1 amide bonds. The Hall–Kier alpha value is -3.48. The van der Waals surface area contributed by atoms with E-state index >= 15 is 0 Å². The molecule has 0 spiro atoms. The van der Waals surface area contributed by atoms with Crippen molar-refractivity contribution in [2.75, 3.05) is 5.32 Å². The summed E-state index contributed by atoms with van der Waals surface area (Å²) < 4.78 is 99.1. The van der Waals surface area contributed by atoms with E-state index in [-0.39, 0.29) is 11.6 Å². The summed E-state index contributed by atoms with van der Waals surface area (Å²) in [6, 6.07) is 7.06. The third kappa shape index (κ3) is 5.78. The number of carbonyl (C=O) groups excluding carboxylic acids is 1. The van der Waals surface area contributed by atoms with Gasteiger partial charge in [0.05, 0.1) is 10.6 Å². The summed E-state index contributed by atoms with van der Waals surface area (Å²) in [4.78, 5) is 7.76. The molecule has 14 nitrogen and oxygen atoms in total. The van der Waals surface area contributed by atoms with Crippen LogP contribution in [-0.4, -0.2) is 49.9 Å².